The Kier molecular flexibility index (Phi) is 6.67. The topological polar surface area (TPSA) is 58.4 Å². The molecule has 1 fully saturated rings. The third-order valence-corrected chi connectivity index (χ3v) is 4.60. The third-order valence-electron chi connectivity index (χ3n) is 4.60. The minimum atomic E-state index is -0.175. The summed E-state index contributed by atoms with van der Waals surface area (Å²) in [5.41, 5.74) is 6.00. The van der Waals surface area contributed by atoms with E-state index in [-0.39, 0.29) is 17.0 Å². The van der Waals surface area contributed by atoms with E-state index in [1.807, 2.05) is 20.8 Å². The van der Waals surface area contributed by atoms with E-state index < -0.39 is 0 Å². The lowest BCUT2D eigenvalue weighted by molar-refractivity contribution is -0.125. The van der Waals surface area contributed by atoms with E-state index in [1.54, 1.807) is 0 Å². The molecule has 1 rings (SSSR count). The fourth-order valence-corrected chi connectivity index (χ4v) is 3.33. The zero-order valence-corrected chi connectivity index (χ0v) is 14.7. The average Bonchev–Trinajstić information content (AvgIpc) is 2.37. The molecule has 4 nitrogen and oxygen atoms in total. The van der Waals surface area contributed by atoms with Crippen LogP contribution in [0.4, 0.5) is 0 Å². The van der Waals surface area contributed by atoms with Crippen molar-refractivity contribution in [2.75, 3.05) is 19.6 Å². The molecule has 0 unspecified atom stereocenters. The molecule has 0 heterocycles. The predicted molar refractivity (Wildman–Crippen MR) is 89.2 cm³/mol. The molecule has 0 saturated heterocycles. The summed E-state index contributed by atoms with van der Waals surface area (Å²) < 4.78 is 0. The van der Waals surface area contributed by atoms with Gasteiger partial charge in [0.1, 0.15) is 0 Å². The largest absolute Gasteiger partial charge is 0.350 e. The molecule has 0 aliphatic heterocycles. The summed E-state index contributed by atoms with van der Waals surface area (Å²) in [6.07, 6.45) is 5.73. The number of nitrogens with one attached hydrogen (secondary N) is 1. The molecule has 124 valence electrons. The first-order valence-corrected chi connectivity index (χ1v) is 8.48. The van der Waals surface area contributed by atoms with Crippen molar-refractivity contribution in [3.63, 3.8) is 0 Å². The van der Waals surface area contributed by atoms with E-state index in [9.17, 15) is 4.79 Å². The first-order valence-electron chi connectivity index (χ1n) is 8.48. The monoisotopic (exact) mass is 297 g/mol. The molecule has 0 spiro atoms. The Morgan fingerprint density at radius 1 is 1.33 bits per heavy atom. The number of carbonyl (C=O) groups is 1. The van der Waals surface area contributed by atoms with Crippen LogP contribution in [0.15, 0.2) is 0 Å². The van der Waals surface area contributed by atoms with Crippen LogP contribution in [0.25, 0.3) is 0 Å². The normalized spacial score (nSPS) is 26.9. The molecule has 0 atom stereocenters. The van der Waals surface area contributed by atoms with E-state index in [4.69, 9.17) is 5.73 Å². The van der Waals surface area contributed by atoms with Gasteiger partial charge in [-0.05, 0) is 65.3 Å². The molecular formula is C17H35N3O. The van der Waals surface area contributed by atoms with Gasteiger partial charge in [0, 0.05) is 17.6 Å². The maximum absolute atomic E-state index is 12.3. The van der Waals surface area contributed by atoms with Crippen LogP contribution in [0.2, 0.25) is 0 Å². The van der Waals surface area contributed by atoms with Crippen LogP contribution in [0.3, 0.4) is 0 Å². The van der Waals surface area contributed by atoms with E-state index in [2.05, 4.69) is 24.1 Å². The summed E-state index contributed by atoms with van der Waals surface area (Å²) in [6.45, 7) is 12.6. The van der Waals surface area contributed by atoms with Crippen molar-refractivity contribution in [2.45, 2.75) is 77.8 Å². The number of hydrogen-bond donors (Lipinski definition) is 2. The first-order chi connectivity index (χ1) is 9.72. The van der Waals surface area contributed by atoms with Gasteiger partial charge in [-0.15, -0.1) is 0 Å². The maximum atomic E-state index is 12.3. The Morgan fingerprint density at radius 2 is 1.90 bits per heavy atom. The average molecular weight is 297 g/mol. The van der Waals surface area contributed by atoms with Crippen molar-refractivity contribution in [1.29, 1.82) is 0 Å². The van der Waals surface area contributed by atoms with Crippen molar-refractivity contribution >= 4 is 5.91 Å². The van der Waals surface area contributed by atoms with Crippen LogP contribution in [0.1, 0.15) is 66.7 Å². The second kappa shape index (κ2) is 7.59. The highest BCUT2D eigenvalue weighted by atomic mass is 16.2. The molecule has 3 N–H and O–H groups in total. The second-order valence-electron chi connectivity index (χ2n) is 7.83. The van der Waals surface area contributed by atoms with Crippen molar-refractivity contribution in [3.05, 3.63) is 0 Å². The molecule has 0 radical (unpaired) electrons. The lowest BCUT2D eigenvalue weighted by Crippen LogP contribution is -2.59. The first kappa shape index (κ1) is 18.4. The smallest absolute Gasteiger partial charge is 0.234 e. The zero-order chi connectivity index (χ0) is 16.1. The molecule has 0 aromatic rings. The molecule has 1 amide bonds. The lowest BCUT2D eigenvalue weighted by atomic mass is 9.76. The van der Waals surface area contributed by atoms with Crippen molar-refractivity contribution < 1.29 is 4.79 Å². The number of amides is 1. The fourth-order valence-electron chi connectivity index (χ4n) is 3.33. The van der Waals surface area contributed by atoms with Crippen molar-refractivity contribution in [2.24, 2.45) is 11.7 Å². The number of nitrogens with zero attached hydrogens (tertiary/aromatic N) is 1. The van der Waals surface area contributed by atoms with Crippen molar-refractivity contribution in [3.8, 4) is 0 Å². The molecule has 1 aliphatic carbocycles. The molecule has 21 heavy (non-hydrogen) atoms. The molecular weight excluding hydrogens is 262 g/mol. The second-order valence-corrected chi connectivity index (χ2v) is 7.83. The summed E-state index contributed by atoms with van der Waals surface area (Å²) in [5, 5.41) is 3.08. The van der Waals surface area contributed by atoms with Gasteiger partial charge < -0.3 is 11.1 Å². The standard InChI is InChI=1S/C17H35N3O/c1-6-11-20(12-15(21)19-16(3,4)5)17(13-18)9-7-14(2)8-10-17/h14H,6-13,18H2,1-5H3,(H,19,21). The van der Waals surface area contributed by atoms with Gasteiger partial charge in [-0.25, -0.2) is 0 Å². The predicted octanol–water partition coefficient (Wildman–Crippen LogP) is 2.52. The third kappa shape index (κ3) is 5.59. The van der Waals surface area contributed by atoms with Crippen LogP contribution in [-0.2, 0) is 4.79 Å². The Bertz CT molecular complexity index is 327. The number of nitrogens with two attached hydrogens (primary N) is 1. The quantitative estimate of drug-likeness (QED) is 0.792. The number of rotatable bonds is 6. The highest BCUT2D eigenvalue weighted by Crippen LogP contribution is 2.35. The highest BCUT2D eigenvalue weighted by molar-refractivity contribution is 5.78. The van der Waals surface area contributed by atoms with E-state index in [0.29, 0.717) is 13.1 Å². The van der Waals surface area contributed by atoms with Gasteiger partial charge in [0.05, 0.1) is 6.54 Å². The van der Waals surface area contributed by atoms with E-state index in [0.717, 1.165) is 31.7 Å². The summed E-state index contributed by atoms with van der Waals surface area (Å²) in [6, 6.07) is 0. The summed E-state index contributed by atoms with van der Waals surface area (Å²) in [5.74, 6) is 0.902. The summed E-state index contributed by atoms with van der Waals surface area (Å²) in [7, 11) is 0. The molecule has 0 bridgehead atoms. The van der Waals surface area contributed by atoms with Crippen LogP contribution < -0.4 is 11.1 Å². The summed E-state index contributed by atoms with van der Waals surface area (Å²) in [4.78, 5) is 14.7. The number of carbonyl (C=O) groups excluding carboxylic acids is 1. The fraction of sp³-hybridized carbons (Fsp3) is 0.941. The van der Waals surface area contributed by atoms with Crippen LogP contribution >= 0.6 is 0 Å². The molecule has 1 saturated carbocycles. The van der Waals surface area contributed by atoms with Crippen LogP contribution in [0, 0.1) is 5.92 Å². The Morgan fingerprint density at radius 3 is 2.33 bits per heavy atom. The SMILES string of the molecule is CCCN(CC(=O)NC(C)(C)C)C1(CN)CCC(C)CC1. The lowest BCUT2D eigenvalue weighted by Gasteiger charge is -2.47. The van der Waals surface area contributed by atoms with Gasteiger partial charge in [-0.1, -0.05) is 13.8 Å². The zero-order valence-electron chi connectivity index (χ0n) is 14.7. The highest BCUT2D eigenvalue weighted by Gasteiger charge is 2.38. The molecule has 4 heteroatoms. The Balaban J connectivity index is 2.76. The van der Waals surface area contributed by atoms with E-state index >= 15 is 0 Å². The van der Waals surface area contributed by atoms with E-state index in [1.165, 1.54) is 12.8 Å². The Labute approximate surface area is 130 Å². The van der Waals surface area contributed by atoms with Crippen LogP contribution in [-0.4, -0.2) is 41.5 Å². The maximum Gasteiger partial charge on any atom is 0.234 e. The van der Waals surface area contributed by atoms with Crippen molar-refractivity contribution in [1.82, 2.24) is 10.2 Å². The van der Waals surface area contributed by atoms with Gasteiger partial charge in [0.2, 0.25) is 5.91 Å². The van der Waals surface area contributed by atoms with Gasteiger partial charge in [0.15, 0.2) is 0 Å². The molecule has 0 aromatic carbocycles. The van der Waals surface area contributed by atoms with Crippen LogP contribution in [0.5, 0.6) is 0 Å². The molecule has 0 aromatic heterocycles. The minimum Gasteiger partial charge on any atom is -0.350 e. The summed E-state index contributed by atoms with van der Waals surface area (Å²) >= 11 is 0. The van der Waals surface area contributed by atoms with Gasteiger partial charge in [0.25, 0.3) is 0 Å². The van der Waals surface area contributed by atoms with Gasteiger partial charge in [-0.2, -0.15) is 0 Å². The van der Waals surface area contributed by atoms with Gasteiger partial charge >= 0.3 is 0 Å². The Hall–Kier alpha value is -0.610. The number of hydrogen-bond acceptors (Lipinski definition) is 3. The minimum absolute atomic E-state index is 0.0255. The molecule has 1 aliphatic rings. The van der Waals surface area contributed by atoms with Gasteiger partial charge in [-0.3, -0.25) is 9.69 Å².